The Balaban J connectivity index is 2.45. The highest BCUT2D eigenvalue weighted by atomic mass is 32.2. The minimum absolute atomic E-state index is 0.242. The summed E-state index contributed by atoms with van der Waals surface area (Å²) >= 11 is 0. The van der Waals surface area contributed by atoms with Gasteiger partial charge >= 0.3 is 5.97 Å². The molecular formula is C23H30N2O5S. The highest BCUT2D eigenvalue weighted by Gasteiger charge is 2.32. The summed E-state index contributed by atoms with van der Waals surface area (Å²) in [6, 6.07) is 9.41. The third kappa shape index (κ3) is 5.85. The molecule has 1 unspecified atom stereocenters. The molecule has 0 aliphatic heterocycles. The molecule has 1 atom stereocenters. The zero-order valence-corrected chi connectivity index (χ0v) is 19.7. The van der Waals surface area contributed by atoms with Crippen molar-refractivity contribution in [1.29, 1.82) is 0 Å². The molecule has 31 heavy (non-hydrogen) atoms. The minimum atomic E-state index is -3.75. The lowest BCUT2D eigenvalue weighted by Gasteiger charge is -2.31. The van der Waals surface area contributed by atoms with E-state index in [4.69, 9.17) is 4.74 Å². The zero-order chi connectivity index (χ0) is 23.3. The third-order valence-electron chi connectivity index (χ3n) is 4.94. The molecular weight excluding hydrogens is 416 g/mol. The van der Waals surface area contributed by atoms with E-state index in [2.05, 4.69) is 5.32 Å². The molecule has 1 N–H and O–H groups in total. The third-order valence-corrected chi connectivity index (χ3v) is 6.10. The van der Waals surface area contributed by atoms with E-state index < -0.39 is 27.9 Å². The summed E-state index contributed by atoms with van der Waals surface area (Å²) in [5, 5.41) is 2.80. The molecule has 0 aromatic heterocycles. The Morgan fingerprint density at radius 2 is 1.68 bits per heavy atom. The minimum Gasteiger partial charge on any atom is -0.462 e. The predicted molar refractivity (Wildman–Crippen MR) is 123 cm³/mol. The van der Waals surface area contributed by atoms with E-state index in [1.807, 2.05) is 26.0 Å². The Hall–Kier alpha value is -2.87. The van der Waals surface area contributed by atoms with Crippen molar-refractivity contribution in [3.8, 4) is 0 Å². The van der Waals surface area contributed by atoms with Gasteiger partial charge in [-0.15, -0.1) is 0 Å². The second kappa shape index (κ2) is 9.96. The molecule has 2 aromatic carbocycles. The number of sulfonamides is 1. The van der Waals surface area contributed by atoms with Crippen LogP contribution in [0.15, 0.2) is 36.4 Å². The van der Waals surface area contributed by atoms with E-state index in [1.54, 1.807) is 45.0 Å². The van der Waals surface area contributed by atoms with Gasteiger partial charge in [-0.1, -0.05) is 25.1 Å². The molecule has 0 saturated heterocycles. The van der Waals surface area contributed by atoms with Gasteiger partial charge in [-0.3, -0.25) is 9.10 Å². The summed E-state index contributed by atoms with van der Waals surface area (Å²) in [4.78, 5) is 25.3. The van der Waals surface area contributed by atoms with Crippen molar-refractivity contribution in [2.75, 3.05) is 22.5 Å². The van der Waals surface area contributed by atoms with Crippen LogP contribution in [0.5, 0.6) is 0 Å². The Bertz CT molecular complexity index is 1080. The van der Waals surface area contributed by atoms with E-state index in [0.29, 0.717) is 16.9 Å². The van der Waals surface area contributed by atoms with Crippen LogP contribution in [0.2, 0.25) is 0 Å². The number of anilines is 2. The number of amides is 1. The molecule has 168 valence electrons. The van der Waals surface area contributed by atoms with Gasteiger partial charge in [0.15, 0.2) is 0 Å². The fourth-order valence-electron chi connectivity index (χ4n) is 3.31. The van der Waals surface area contributed by atoms with Gasteiger partial charge in [0, 0.05) is 5.69 Å². The number of aryl methyl sites for hydroxylation is 3. The zero-order valence-electron chi connectivity index (χ0n) is 18.9. The number of nitrogens with zero attached hydrogens (tertiary/aromatic N) is 1. The van der Waals surface area contributed by atoms with E-state index in [9.17, 15) is 18.0 Å². The van der Waals surface area contributed by atoms with Crippen LogP contribution in [0, 0.1) is 20.8 Å². The Kier molecular flexibility index (Phi) is 7.84. The standard InChI is InChI=1S/C23H30N2O5S/c1-7-20(25(31(6,28)29)21-13-15(3)9-10-17(21)5)22(26)24-19-14-18(12-11-16(19)4)23(27)30-8-2/h9-14,20H,7-8H2,1-6H3,(H,24,26). The fraction of sp³-hybridized carbons (Fsp3) is 0.391. The van der Waals surface area contributed by atoms with Gasteiger partial charge < -0.3 is 10.1 Å². The lowest BCUT2D eigenvalue weighted by atomic mass is 10.1. The number of carbonyl (C=O) groups is 2. The first kappa shape index (κ1) is 24.4. The van der Waals surface area contributed by atoms with Crippen LogP contribution in [0.3, 0.4) is 0 Å². The number of esters is 1. The average molecular weight is 447 g/mol. The quantitative estimate of drug-likeness (QED) is 0.620. The smallest absolute Gasteiger partial charge is 0.338 e. The van der Waals surface area contributed by atoms with Crippen LogP contribution in [0.1, 0.15) is 47.3 Å². The van der Waals surface area contributed by atoms with Crippen molar-refractivity contribution in [3.05, 3.63) is 58.7 Å². The van der Waals surface area contributed by atoms with Crippen LogP contribution < -0.4 is 9.62 Å². The van der Waals surface area contributed by atoms with Crippen LogP contribution in [0.4, 0.5) is 11.4 Å². The molecule has 1 amide bonds. The summed E-state index contributed by atoms with van der Waals surface area (Å²) in [5.41, 5.74) is 3.61. The Morgan fingerprint density at radius 3 is 2.26 bits per heavy atom. The van der Waals surface area contributed by atoms with Crippen molar-refractivity contribution in [2.45, 2.75) is 47.1 Å². The average Bonchev–Trinajstić information content (AvgIpc) is 2.69. The van der Waals surface area contributed by atoms with Crippen LogP contribution >= 0.6 is 0 Å². The first-order valence-electron chi connectivity index (χ1n) is 10.1. The Morgan fingerprint density at radius 1 is 1.03 bits per heavy atom. The summed E-state index contributed by atoms with van der Waals surface area (Å²) < 4.78 is 31.6. The molecule has 2 aromatic rings. The number of ether oxygens (including phenoxy) is 1. The highest BCUT2D eigenvalue weighted by Crippen LogP contribution is 2.28. The topological polar surface area (TPSA) is 92.8 Å². The van der Waals surface area contributed by atoms with Crippen LogP contribution in [0.25, 0.3) is 0 Å². The molecule has 8 heteroatoms. The van der Waals surface area contributed by atoms with Crippen molar-refractivity contribution in [1.82, 2.24) is 0 Å². The predicted octanol–water partition coefficient (Wildman–Crippen LogP) is 3.97. The van der Waals surface area contributed by atoms with E-state index >= 15 is 0 Å². The van der Waals surface area contributed by atoms with Crippen molar-refractivity contribution in [2.24, 2.45) is 0 Å². The second-order valence-electron chi connectivity index (χ2n) is 7.51. The maximum Gasteiger partial charge on any atom is 0.338 e. The second-order valence-corrected chi connectivity index (χ2v) is 9.37. The van der Waals surface area contributed by atoms with Gasteiger partial charge in [-0.2, -0.15) is 0 Å². The summed E-state index contributed by atoms with van der Waals surface area (Å²) in [6.07, 6.45) is 1.36. The number of rotatable bonds is 8. The molecule has 0 heterocycles. The van der Waals surface area contributed by atoms with E-state index in [-0.39, 0.29) is 13.0 Å². The lowest BCUT2D eigenvalue weighted by Crippen LogP contribution is -2.47. The molecule has 0 spiro atoms. The van der Waals surface area contributed by atoms with Crippen molar-refractivity contribution < 1.29 is 22.7 Å². The maximum absolute atomic E-state index is 13.2. The van der Waals surface area contributed by atoms with Crippen molar-refractivity contribution in [3.63, 3.8) is 0 Å². The monoisotopic (exact) mass is 446 g/mol. The summed E-state index contributed by atoms with van der Waals surface area (Å²) in [5.74, 6) is -0.962. The largest absolute Gasteiger partial charge is 0.462 e. The number of benzene rings is 2. The SMILES string of the molecule is CCOC(=O)c1ccc(C)c(NC(=O)C(CC)N(c2cc(C)ccc2C)S(C)(=O)=O)c1. The van der Waals surface area contributed by atoms with Gasteiger partial charge in [0.1, 0.15) is 6.04 Å². The summed E-state index contributed by atoms with van der Waals surface area (Å²) in [6.45, 7) is 9.19. The van der Waals surface area contributed by atoms with Gasteiger partial charge in [0.2, 0.25) is 15.9 Å². The molecule has 0 radical (unpaired) electrons. The number of hydrogen-bond donors (Lipinski definition) is 1. The molecule has 2 rings (SSSR count). The van der Waals surface area contributed by atoms with E-state index in [0.717, 1.165) is 22.9 Å². The van der Waals surface area contributed by atoms with Crippen LogP contribution in [-0.2, 0) is 19.6 Å². The number of nitrogens with one attached hydrogen (secondary N) is 1. The van der Waals surface area contributed by atoms with E-state index in [1.165, 1.54) is 4.31 Å². The highest BCUT2D eigenvalue weighted by molar-refractivity contribution is 7.92. The lowest BCUT2D eigenvalue weighted by molar-refractivity contribution is -0.117. The number of hydrogen-bond acceptors (Lipinski definition) is 5. The first-order chi connectivity index (χ1) is 14.5. The summed E-state index contributed by atoms with van der Waals surface area (Å²) in [7, 11) is -3.75. The molecule has 0 aliphatic rings. The molecule has 0 bridgehead atoms. The van der Waals surface area contributed by atoms with Crippen molar-refractivity contribution >= 4 is 33.3 Å². The molecule has 7 nitrogen and oxygen atoms in total. The molecule has 0 fully saturated rings. The normalized spacial score (nSPS) is 12.2. The molecule has 0 aliphatic carbocycles. The molecule has 0 saturated carbocycles. The van der Waals surface area contributed by atoms with Gasteiger partial charge in [0.25, 0.3) is 0 Å². The van der Waals surface area contributed by atoms with Crippen LogP contribution in [-0.4, -0.2) is 39.2 Å². The Labute approximate surface area is 184 Å². The van der Waals surface area contributed by atoms with Gasteiger partial charge in [-0.25, -0.2) is 13.2 Å². The maximum atomic E-state index is 13.2. The first-order valence-corrected chi connectivity index (χ1v) is 12.0. The fourth-order valence-corrected chi connectivity index (χ4v) is 4.57. The van der Waals surface area contributed by atoms with Gasteiger partial charge in [0.05, 0.1) is 24.1 Å². The number of carbonyl (C=O) groups excluding carboxylic acids is 2. The van der Waals surface area contributed by atoms with Gasteiger partial charge in [-0.05, 0) is 69.0 Å².